The van der Waals surface area contributed by atoms with Crippen LogP contribution in [0.1, 0.15) is 38.9 Å². The molecule has 0 aliphatic carbocycles. The van der Waals surface area contributed by atoms with Gasteiger partial charge in [0.05, 0.1) is 6.10 Å². The highest BCUT2D eigenvalue weighted by molar-refractivity contribution is 5.67. The monoisotopic (exact) mass is 324 g/mol. The van der Waals surface area contributed by atoms with Crippen molar-refractivity contribution in [2.24, 2.45) is 0 Å². The molecular weight excluding hydrogens is 296 g/mol. The number of carbonyl (C=O) groups excluding carboxylic acids is 1. The first-order valence-corrected chi connectivity index (χ1v) is 7.70. The number of rotatable bonds is 6. The maximum Gasteiger partial charge on any atom is 0.407 e. The average molecular weight is 324 g/mol. The van der Waals surface area contributed by atoms with Crippen molar-refractivity contribution in [2.45, 2.75) is 45.0 Å². The van der Waals surface area contributed by atoms with Gasteiger partial charge in [-0.3, -0.25) is 0 Å². The summed E-state index contributed by atoms with van der Waals surface area (Å²) in [5, 5.41) is 22.8. The largest absolute Gasteiger partial charge is 0.444 e. The number of ether oxygens (including phenoxy) is 1. The lowest BCUT2D eigenvalue weighted by molar-refractivity contribution is 0.0123. The van der Waals surface area contributed by atoms with Gasteiger partial charge in [-0.2, -0.15) is 0 Å². The van der Waals surface area contributed by atoms with E-state index in [-0.39, 0.29) is 13.0 Å². The fourth-order valence-electron chi connectivity index (χ4n) is 1.99. The van der Waals surface area contributed by atoms with E-state index in [0.29, 0.717) is 5.56 Å². The topological polar surface area (TPSA) is 82.0 Å². The van der Waals surface area contributed by atoms with Crippen LogP contribution in [0.25, 0.3) is 0 Å². The van der Waals surface area contributed by atoms with Gasteiger partial charge in [0.15, 0.2) is 0 Å². The number of hydrogen-bond donors (Lipinski definition) is 3. The zero-order valence-electron chi connectivity index (χ0n) is 14.5. The van der Waals surface area contributed by atoms with E-state index in [9.17, 15) is 15.0 Å². The van der Waals surface area contributed by atoms with E-state index in [2.05, 4.69) is 5.32 Å². The van der Waals surface area contributed by atoms with Gasteiger partial charge in [0.1, 0.15) is 11.7 Å². The third-order valence-electron chi connectivity index (χ3n) is 3.22. The third-order valence-corrected chi connectivity index (χ3v) is 3.22. The summed E-state index contributed by atoms with van der Waals surface area (Å²) in [4.78, 5) is 13.5. The summed E-state index contributed by atoms with van der Waals surface area (Å²) in [7, 11) is 3.87. The molecule has 1 aromatic carbocycles. The number of nitrogens with one attached hydrogen (secondary N) is 1. The number of aliphatic hydroxyl groups is 2. The maximum absolute atomic E-state index is 11.5. The Morgan fingerprint density at radius 3 is 2.26 bits per heavy atom. The highest BCUT2D eigenvalue weighted by Gasteiger charge is 2.20. The SMILES string of the molecule is CN(C)c1ccc(C(O)C(O)CCNC(=O)OC(C)(C)C)cc1. The van der Waals surface area contributed by atoms with Gasteiger partial charge >= 0.3 is 6.09 Å². The molecular formula is C17H28N2O4. The number of alkyl carbamates (subject to hydrolysis) is 1. The molecule has 6 nitrogen and oxygen atoms in total. The van der Waals surface area contributed by atoms with Crippen LogP contribution in [0.3, 0.4) is 0 Å². The molecule has 1 aromatic rings. The minimum Gasteiger partial charge on any atom is -0.444 e. The highest BCUT2D eigenvalue weighted by Crippen LogP contribution is 2.21. The minimum atomic E-state index is -0.994. The lowest BCUT2D eigenvalue weighted by Crippen LogP contribution is -2.34. The quantitative estimate of drug-likeness (QED) is 0.746. The fraction of sp³-hybridized carbons (Fsp3) is 0.588. The van der Waals surface area contributed by atoms with Crippen LogP contribution >= 0.6 is 0 Å². The molecule has 23 heavy (non-hydrogen) atoms. The molecule has 0 bridgehead atoms. The van der Waals surface area contributed by atoms with Crippen LogP contribution in [0.4, 0.5) is 10.5 Å². The first kappa shape index (κ1) is 19.3. The van der Waals surface area contributed by atoms with Gasteiger partial charge in [0.2, 0.25) is 0 Å². The van der Waals surface area contributed by atoms with Crippen LogP contribution in [0.2, 0.25) is 0 Å². The summed E-state index contributed by atoms with van der Waals surface area (Å²) in [5.41, 5.74) is 1.10. The van der Waals surface area contributed by atoms with E-state index >= 15 is 0 Å². The minimum absolute atomic E-state index is 0.225. The number of anilines is 1. The van der Waals surface area contributed by atoms with E-state index in [1.165, 1.54) is 0 Å². The van der Waals surface area contributed by atoms with Gasteiger partial charge in [-0.15, -0.1) is 0 Å². The molecule has 130 valence electrons. The summed E-state index contributed by atoms with van der Waals surface area (Å²) in [6.45, 7) is 5.57. The second-order valence-corrected chi connectivity index (χ2v) is 6.72. The van der Waals surface area contributed by atoms with Crippen LogP contribution in [0.15, 0.2) is 24.3 Å². The van der Waals surface area contributed by atoms with Crippen molar-refractivity contribution < 1.29 is 19.7 Å². The number of hydrogen-bond acceptors (Lipinski definition) is 5. The van der Waals surface area contributed by atoms with Crippen molar-refractivity contribution in [1.29, 1.82) is 0 Å². The third kappa shape index (κ3) is 6.88. The number of aliphatic hydroxyl groups excluding tert-OH is 2. The van der Waals surface area contributed by atoms with E-state index in [1.54, 1.807) is 32.9 Å². The molecule has 0 saturated carbocycles. The van der Waals surface area contributed by atoms with E-state index < -0.39 is 23.9 Å². The summed E-state index contributed by atoms with van der Waals surface area (Å²) >= 11 is 0. The van der Waals surface area contributed by atoms with Crippen molar-refractivity contribution in [1.82, 2.24) is 5.32 Å². The maximum atomic E-state index is 11.5. The Morgan fingerprint density at radius 2 is 1.78 bits per heavy atom. The van der Waals surface area contributed by atoms with Gasteiger partial charge in [-0.05, 0) is 44.9 Å². The second-order valence-electron chi connectivity index (χ2n) is 6.72. The van der Waals surface area contributed by atoms with Gasteiger partial charge < -0.3 is 25.2 Å². The number of nitrogens with zero attached hydrogens (tertiary/aromatic N) is 1. The smallest absolute Gasteiger partial charge is 0.407 e. The molecule has 6 heteroatoms. The predicted molar refractivity (Wildman–Crippen MR) is 90.6 cm³/mol. The normalized spacial score (nSPS) is 14.0. The molecule has 2 unspecified atom stereocenters. The summed E-state index contributed by atoms with van der Waals surface area (Å²) in [6.07, 6.45) is -2.26. The molecule has 1 amide bonds. The molecule has 0 radical (unpaired) electrons. The van der Waals surface area contributed by atoms with E-state index in [1.807, 2.05) is 31.1 Å². The zero-order chi connectivity index (χ0) is 17.6. The molecule has 0 aliphatic heterocycles. The average Bonchev–Trinajstić information content (AvgIpc) is 2.44. The summed E-state index contributed by atoms with van der Waals surface area (Å²) in [6, 6.07) is 7.32. The molecule has 0 fully saturated rings. The zero-order valence-corrected chi connectivity index (χ0v) is 14.5. The number of amides is 1. The molecule has 3 N–H and O–H groups in total. The van der Waals surface area contributed by atoms with Crippen LogP contribution in [0, 0.1) is 0 Å². The number of benzene rings is 1. The molecule has 0 heterocycles. The lowest BCUT2D eigenvalue weighted by Gasteiger charge is -2.21. The van der Waals surface area contributed by atoms with Crippen molar-refractivity contribution >= 4 is 11.8 Å². The Morgan fingerprint density at radius 1 is 1.22 bits per heavy atom. The van der Waals surface area contributed by atoms with Gasteiger partial charge in [-0.25, -0.2) is 4.79 Å². The lowest BCUT2D eigenvalue weighted by atomic mass is 10.0. The van der Waals surface area contributed by atoms with Crippen LogP contribution in [-0.4, -0.2) is 48.7 Å². The van der Waals surface area contributed by atoms with Crippen molar-refractivity contribution in [2.75, 3.05) is 25.5 Å². The molecule has 2 atom stereocenters. The van der Waals surface area contributed by atoms with Crippen molar-refractivity contribution in [3.63, 3.8) is 0 Å². The van der Waals surface area contributed by atoms with Gasteiger partial charge in [0, 0.05) is 26.3 Å². The first-order chi connectivity index (χ1) is 10.6. The molecule has 0 saturated heterocycles. The Bertz CT molecular complexity index is 494. The predicted octanol–water partition coefficient (Wildman–Crippen LogP) is 2.06. The molecule has 0 spiro atoms. The Labute approximate surface area is 138 Å². The molecule has 0 aromatic heterocycles. The Hall–Kier alpha value is -1.79. The fourth-order valence-corrected chi connectivity index (χ4v) is 1.99. The Balaban J connectivity index is 2.45. The van der Waals surface area contributed by atoms with Crippen LogP contribution in [-0.2, 0) is 4.74 Å². The highest BCUT2D eigenvalue weighted by atomic mass is 16.6. The molecule has 0 aliphatic rings. The Kier molecular flexibility index (Phi) is 6.84. The van der Waals surface area contributed by atoms with Gasteiger partial charge in [0.25, 0.3) is 0 Å². The second kappa shape index (κ2) is 8.17. The van der Waals surface area contributed by atoms with Gasteiger partial charge in [-0.1, -0.05) is 12.1 Å². The summed E-state index contributed by atoms with van der Waals surface area (Å²) in [5.74, 6) is 0. The standard InChI is InChI=1S/C17H28N2O4/c1-17(2,3)23-16(22)18-11-10-14(20)15(21)12-6-8-13(9-7-12)19(4)5/h6-9,14-15,20-21H,10-11H2,1-5H3,(H,18,22). The van der Waals surface area contributed by atoms with E-state index in [4.69, 9.17) is 4.74 Å². The first-order valence-electron chi connectivity index (χ1n) is 7.70. The number of carbonyl (C=O) groups is 1. The summed E-state index contributed by atoms with van der Waals surface area (Å²) < 4.78 is 5.10. The van der Waals surface area contributed by atoms with Crippen LogP contribution < -0.4 is 10.2 Å². The van der Waals surface area contributed by atoms with Crippen LogP contribution in [0.5, 0.6) is 0 Å². The van der Waals surface area contributed by atoms with E-state index in [0.717, 1.165) is 5.69 Å². The van der Waals surface area contributed by atoms with Crippen molar-refractivity contribution in [3.05, 3.63) is 29.8 Å². The van der Waals surface area contributed by atoms with Crippen molar-refractivity contribution in [3.8, 4) is 0 Å². The molecule has 1 rings (SSSR count).